The predicted octanol–water partition coefficient (Wildman–Crippen LogP) is 5.66. The van der Waals surface area contributed by atoms with Crippen molar-refractivity contribution in [3.63, 3.8) is 0 Å². The summed E-state index contributed by atoms with van der Waals surface area (Å²) in [6, 6.07) is 4.43. The van der Waals surface area contributed by atoms with Crippen LogP contribution >= 0.6 is 11.3 Å². The molecule has 3 aliphatic rings. The molecule has 0 saturated heterocycles. The quantitative estimate of drug-likeness (QED) is 0.519. The van der Waals surface area contributed by atoms with Crippen molar-refractivity contribution in [1.82, 2.24) is 15.2 Å². The Kier molecular flexibility index (Phi) is 7.17. The van der Waals surface area contributed by atoms with E-state index in [1.165, 1.54) is 17.4 Å². The average Bonchev–Trinajstić information content (AvgIpc) is 3.56. The number of nitrogens with zero attached hydrogens (tertiary/aromatic N) is 2. The highest BCUT2D eigenvalue weighted by Gasteiger charge is 2.50. The minimum absolute atomic E-state index is 0.0802. The largest absolute Gasteiger partial charge is 0.416 e. The molecule has 37 heavy (non-hydrogen) atoms. The molecule has 0 unspecified atom stereocenters. The van der Waals surface area contributed by atoms with Crippen molar-refractivity contribution in [3.8, 4) is 0 Å². The van der Waals surface area contributed by atoms with Crippen LogP contribution in [0.5, 0.6) is 0 Å². The molecule has 2 aromatic rings. The number of alkyl halides is 3. The fourth-order valence-corrected chi connectivity index (χ4v) is 7.46. The molecule has 1 aromatic heterocycles. The lowest BCUT2D eigenvalue weighted by Gasteiger charge is -2.40. The minimum atomic E-state index is -4.39. The van der Waals surface area contributed by atoms with E-state index in [9.17, 15) is 23.1 Å². The number of fused-ring (bicyclic) bond motifs is 1. The van der Waals surface area contributed by atoms with Crippen molar-refractivity contribution < 1.29 is 23.1 Å². The molecule has 2 aliphatic carbocycles. The molecule has 1 aliphatic heterocycles. The molecule has 1 aromatic carbocycles. The zero-order chi connectivity index (χ0) is 26.4. The summed E-state index contributed by atoms with van der Waals surface area (Å²) in [4.78, 5) is 20.1. The van der Waals surface area contributed by atoms with Gasteiger partial charge in [-0.2, -0.15) is 13.2 Å². The Labute approximate surface area is 220 Å². The van der Waals surface area contributed by atoms with E-state index >= 15 is 0 Å². The van der Waals surface area contributed by atoms with Crippen molar-refractivity contribution in [2.24, 2.45) is 11.3 Å². The van der Waals surface area contributed by atoms with Gasteiger partial charge in [-0.05, 0) is 80.5 Å². The Morgan fingerprint density at radius 2 is 1.89 bits per heavy atom. The van der Waals surface area contributed by atoms with Crippen LogP contribution in [0.1, 0.15) is 80.5 Å². The number of nitrogens with one attached hydrogen (secondary N) is 1. The number of amides is 1. The van der Waals surface area contributed by atoms with Gasteiger partial charge in [0.25, 0.3) is 0 Å². The third-order valence-electron chi connectivity index (χ3n) is 9.03. The summed E-state index contributed by atoms with van der Waals surface area (Å²) in [6.45, 7) is 4.97. The summed E-state index contributed by atoms with van der Waals surface area (Å²) in [5, 5.41) is 17.5. The lowest BCUT2D eigenvalue weighted by Crippen LogP contribution is -2.49. The first-order valence-electron chi connectivity index (χ1n) is 13.4. The van der Waals surface area contributed by atoms with Gasteiger partial charge in [-0.15, -0.1) is 11.3 Å². The summed E-state index contributed by atoms with van der Waals surface area (Å²) in [6.07, 6.45) is 3.42. The number of hydrogen-bond donors (Lipinski definition) is 2. The highest BCUT2D eigenvalue weighted by atomic mass is 32.1. The predicted molar refractivity (Wildman–Crippen MR) is 137 cm³/mol. The maximum absolute atomic E-state index is 13.9. The molecular weight excluding hydrogens is 499 g/mol. The molecule has 2 saturated carbocycles. The number of carbonyl (C=O) groups excluding carboxylic acids is 1. The van der Waals surface area contributed by atoms with Gasteiger partial charge >= 0.3 is 6.18 Å². The molecule has 0 spiro atoms. The molecule has 5 nitrogen and oxygen atoms in total. The number of aromatic nitrogens is 1. The van der Waals surface area contributed by atoms with Crippen molar-refractivity contribution >= 4 is 17.2 Å². The van der Waals surface area contributed by atoms with Crippen LogP contribution in [0.25, 0.3) is 0 Å². The number of hydrogen-bond acceptors (Lipinski definition) is 5. The maximum atomic E-state index is 13.9. The van der Waals surface area contributed by atoms with E-state index in [0.717, 1.165) is 48.7 Å². The monoisotopic (exact) mass is 535 g/mol. The molecule has 9 heteroatoms. The molecule has 1 amide bonds. The number of benzene rings is 1. The Morgan fingerprint density at radius 3 is 2.54 bits per heavy atom. The summed E-state index contributed by atoms with van der Waals surface area (Å²) in [5.74, 6) is 0.215. The van der Waals surface area contributed by atoms with Crippen LogP contribution in [-0.4, -0.2) is 39.5 Å². The first-order chi connectivity index (χ1) is 17.5. The lowest BCUT2D eigenvalue weighted by atomic mass is 9.73. The Morgan fingerprint density at radius 1 is 1.16 bits per heavy atom. The van der Waals surface area contributed by atoms with Crippen molar-refractivity contribution in [2.45, 2.75) is 95.6 Å². The molecule has 0 radical (unpaired) electrons. The highest BCUT2D eigenvalue weighted by Crippen LogP contribution is 2.47. The number of aliphatic hydroxyl groups is 1. The van der Waals surface area contributed by atoms with Crippen LogP contribution in [0.2, 0.25) is 0 Å². The second-order valence-electron chi connectivity index (χ2n) is 11.5. The van der Waals surface area contributed by atoms with Gasteiger partial charge in [0.15, 0.2) is 0 Å². The van der Waals surface area contributed by atoms with Crippen molar-refractivity contribution in [2.75, 3.05) is 6.54 Å². The second-order valence-corrected chi connectivity index (χ2v) is 12.4. The molecular formula is C28H36F3N3O2S. The summed E-state index contributed by atoms with van der Waals surface area (Å²) in [5.41, 5.74) is -0.491. The van der Waals surface area contributed by atoms with Crippen LogP contribution in [0.4, 0.5) is 13.2 Å². The molecule has 2 heterocycles. The lowest BCUT2D eigenvalue weighted by molar-refractivity contribution is -0.145. The van der Waals surface area contributed by atoms with Crippen LogP contribution in [0, 0.1) is 11.3 Å². The number of halogens is 3. The number of thiazole rings is 1. The summed E-state index contributed by atoms with van der Waals surface area (Å²) >= 11 is 1.50. The molecule has 2 fully saturated rings. The molecule has 5 rings (SSSR count). The first-order valence-corrected chi connectivity index (χ1v) is 14.2. The van der Waals surface area contributed by atoms with Crippen LogP contribution < -0.4 is 5.32 Å². The first kappa shape index (κ1) is 26.6. The topological polar surface area (TPSA) is 65.5 Å². The maximum Gasteiger partial charge on any atom is 0.416 e. The summed E-state index contributed by atoms with van der Waals surface area (Å²) < 4.78 is 39.8. The van der Waals surface area contributed by atoms with E-state index in [4.69, 9.17) is 0 Å². The van der Waals surface area contributed by atoms with E-state index in [0.29, 0.717) is 37.4 Å². The van der Waals surface area contributed by atoms with Gasteiger partial charge in [0.1, 0.15) is 10.6 Å². The third-order valence-corrected chi connectivity index (χ3v) is 9.99. The zero-order valence-electron chi connectivity index (χ0n) is 21.5. The third kappa shape index (κ3) is 5.19. The Hall–Kier alpha value is -1.97. The smallest absolute Gasteiger partial charge is 0.383 e. The molecule has 202 valence electrons. The molecule has 2 N–H and O–H groups in total. The van der Waals surface area contributed by atoms with Gasteiger partial charge in [-0.25, -0.2) is 4.98 Å². The van der Waals surface area contributed by atoms with Crippen LogP contribution in [0.15, 0.2) is 29.8 Å². The molecule has 0 bridgehead atoms. The SMILES string of the molecule is CC(C)[C@]1(C(=O)N2CCc3ccc(C(F)(F)F)cc3C2)CC[C@@H](NC2CCC(O)(c3nccs3)CC2)C1. The standard InChI is InChI=1S/C28H36F3N3O2S/c1-18(2)26(25(35)34-13-8-19-3-4-21(28(29,30)31)15-20(19)17-34)9-5-23(16-26)33-22-6-10-27(36,11-7-22)24-32-12-14-37-24/h3-4,12,14-15,18,22-23,33,36H,5-11,13,16-17H2,1-2H3/t22?,23-,26+,27?/m1/s1. The average molecular weight is 536 g/mol. The number of carbonyl (C=O) groups is 1. The fourth-order valence-electron chi connectivity index (χ4n) is 6.67. The van der Waals surface area contributed by atoms with Gasteiger partial charge in [0.2, 0.25) is 5.91 Å². The van der Waals surface area contributed by atoms with Gasteiger partial charge in [-0.1, -0.05) is 19.9 Å². The van der Waals surface area contributed by atoms with Crippen molar-refractivity contribution in [1.29, 1.82) is 0 Å². The van der Waals surface area contributed by atoms with E-state index in [-0.39, 0.29) is 24.4 Å². The van der Waals surface area contributed by atoms with Crippen LogP contribution in [0.3, 0.4) is 0 Å². The van der Waals surface area contributed by atoms with Gasteiger partial charge in [0, 0.05) is 36.8 Å². The fraction of sp³-hybridized carbons (Fsp3) is 0.643. The number of rotatable bonds is 5. The van der Waals surface area contributed by atoms with E-state index in [2.05, 4.69) is 24.1 Å². The van der Waals surface area contributed by atoms with Crippen LogP contribution in [-0.2, 0) is 29.5 Å². The van der Waals surface area contributed by atoms with Crippen molar-refractivity contribution in [3.05, 3.63) is 51.5 Å². The van der Waals surface area contributed by atoms with Gasteiger partial charge in [0.05, 0.1) is 11.0 Å². The van der Waals surface area contributed by atoms with E-state index < -0.39 is 22.8 Å². The van der Waals surface area contributed by atoms with Gasteiger partial charge in [-0.3, -0.25) is 4.79 Å². The zero-order valence-corrected chi connectivity index (χ0v) is 22.3. The summed E-state index contributed by atoms with van der Waals surface area (Å²) in [7, 11) is 0. The molecule has 2 atom stereocenters. The second kappa shape index (κ2) is 9.97. The highest BCUT2D eigenvalue weighted by molar-refractivity contribution is 7.09. The van der Waals surface area contributed by atoms with E-state index in [1.807, 2.05) is 5.38 Å². The van der Waals surface area contributed by atoms with Gasteiger partial charge < -0.3 is 15.3 Å². The minimum Gasteiger partial charge on any atom is -0.383 e. The Balaban J connectivity index is 1.23. The normalized spacial score (nSPS) is 30.5. The Bertz CT molecular complexity index is 1110. The van der Waals surface area contributed by atoms with E-state index in [1.54, 1.807) is 17.2 Å².